The van der Waals surface area contributed by atoms with Gasteiger partial charge in [-0.25, -0.2) is 19.2 Å². The van der Waals surface area contributed by atoms with Crippen LogP contribution < -0.4 is 14.4 Å². The molecule has 0 N–H and O–H groups in total. The Labute approximate surface area is 244 Å². The molecule has 0 fully saturated rings. The number of hydrogen-bond donors (Lipinski definition) is 0. The summed E-state index contributed by atoms with van der Waals surface area (Å²) in [6, 6.07) is 33.9. The number of nitrogens with zero attached hydrogens (tertiary/aromatic N) is 1. The van der Waals surface area contributed by atoms with E-state index in [1.165, 1.54) is 24.3 Å². The van der Waals surface area contributed by atoms with Gasteiger partial charge in [0.1, 0.15) is 23.0 Å². The zero-order chi connectivity index (χ0) is 29.5. The van der Waals surface area contributed by atoms with Crippen molar-refractivity contribution in [1.29, 1.82) is 0 Å². The zero-order valence-corrected chi connectivity index (χ0v) is 22.2. The first kappa shape index (κ1) is 25.7. The molecular formula is C34H19NO8. The summed E-state index contributed by atoms with van der Waals surface area (Å²) >= 11 is 0. The van der Waals surface area contributed by atoms with Crippen molar-refractivity contribution in [3.8, 4) is 23.0 Å². The van der Waals surface area contributed by atoms with Gasteiger partial charge in [0.15, 0.2) is 0 Å². The molecule has 9 heteroatoms. The molecule has 208 valence electrons. The molecule has 0 spiro atoms. The number of carbonyl (C=O) groups excluding carboxylic acids is 4. The molecular weight excluding hydrogens is 550 g/mol. The van der Waals surface area contributed by atoms with Gasteiger partial charge >= 0.3 is 23.9 Å². The van der Waals surface area contributed by atoms with Gasteiger partial charge in [0, 0.05) is 17.1 Å². The Kier molecular flexibility index (Phi) is 6.17. The molecule has 0 bridgehead atoms. The van der Waals surface area contributed by atoms with Gasteiger partial charge in [0.05, 0.1) is 22.3 Å². The summed E-state index contributed by atoms with van der Waals surface area (Å²) in [5.41, 5.74) is 3.43. The Balaban J connectivity index is 1.13. The van der Waals surface area contributed by atoms with E-state index in [4.69, 9.17) is 9.47 Å². The molecule has 0 radical (unpaired) electrons. The minimum atomic E-state index is -0.691. The molecule has 2 heterocycles. The van der Waals surface area contributed by atoms with E-state index >= 15 is 0 Å². The number of esters is 4. The monoisotopic (exact) mass is 569 g/mol. The minimum Gasteiger partial charge on any atom is -0.457 e. The van der Waals surface area contributed by atoms with Gasteiger partial charge in [0.25, 0.3) is 0 Å². The summed E-state index contributed by atoms with van der Waals surface area (Å²) in [7, 11) is 0. The molecule has 0 amide bonds. The van der Waals surface area contributed by atoms with E-state index in [2.05, 4.69) is 14.4 Å². The maximum absolute atomic E-state index is 11.9. The fourth-order valence-corrected chi connectivity index (χ4v) is 4.88. The van der Waals surface area contributed by atoms with Crippen LogP contribution in [0.15, 0.2) is 115 Å². The van der Waals surface area contributed by atoms with Crippen molar-refractivity contribution in [1.82, 2.24) is 0 Å². The van der Waals surface area contributed by atoms with Crippen LogP contribution in [0.2, 0.25) is 0 Å². The van der Waals surface area contributed by atoms with Crippen molar-refractivity contribution in [3.05, 3.63) is 138 Å². The van der Waals surface area contributed by atoms with E-state index in [-0.39, 0.29) is 22.3 Å². The Morgan fingerprint density at radius 3 is 1.21 bits per heavy atom. The Hall–Kier alpha value is -6.22. The predicted octanol–water partition coefficient (Wildman–Crippen LogP) is 7.36. The summed E-state index contributed by atoms with van der Waals surface area (Å²) in [4.78, 5) is 49.3. The second kappa shape index (κ2) is 10.3. The van der Waals surface area contributed by atoms with Crippen molar-refractivity contribution in [2.45, 2.75) is 0 Å². The second-order valence-corrected chi connectivity index (χ2v) is 9.63. The topological polar surface area (TPSA) is 108 Å². The number of benzene rings is 5. The van der Waals surface area contributed by atoms with Crippen LogP contribution in [0.4, 0.5) is 17.1 Å². The van der Waals surface area contributed by atoms with E-state index in [1.54, 1.807) is 12.1 Å². The molecule has 9 nitrogen and oxygen atoms in total. The van der Waals surface area contributed by atoms with Gasteiger partial charge in [-0.05, 0) is 97.1 Å². The number of fused-ring (bicyclic) bond motifs is 2. The lowest BCUT2D eigenvalue weighted by Crippen LogP contribution is -2.09. The van der Waals surface area contributed by atoms with Crippen molar-refractivity contribution in [2.75, 3.05) is 4.90 Å². The van der Waals surface area contributed by atoms with Gasteiger partial charge in [-0.3, -0.25) is 0 Å². The summed E-state index contributed by atoms with van der Waals surface area (Å²) in [6.45, 7) is 0. The highest BCUT2D eigenvalue weighted by Gasteiger charge is 2.31. The number of rotatable bonds is 7. The molecule has 0 aliphatic carbocycles. The Morgan fingerprint density at radius 1 is 0.395 bits per heavy atom. The van der Waals surface area contributed by atoms with E-state index < -0.39 is 23.9 Å². The number of ether oxygens (including phenoxy) is 4. The predicted molar refractivity (Wildman–Crippen MR) is 154 cm³/mol. The van der Waals surface area contributed by atoms with E-state index in [9.17, 15) is 19.2 Å². The van der Waals surface area contributed by atoms with Crippen molar-refractivity contribution >= 4 is 40.9 Å². The van der Waals surface area contributed by atoms with Gasteiger partial charge in [0.2, 0.25) is 0 Å². The SMILES string of the molecule is O=C1OC(=O)c2cc(Oc3ccc(N(c4ccccc4)c4ccc(Oc5ccc6c(c5)C(=O)OC6=O)cc4)cc3)ccc21. The number of carbonyl (C=O) groups is 4. The highest BCUT2D eigenvalue weighted by atomic mass is 16.6. The van der Waals surface area contributed by atoms with Gasteiger partial charge in [-0.15, -0.1) is 0 Å². The minimum absolute atomic E-state index is 0.176. The molecule has 7 rings (SSSR count). The third-order valence-corrected chi connectivity index (χ3v) is 6.91. The van der Waals surface area contributed by atoms with Crippen molar-refractivity contribution in [2.24, 2.45) is 0 Å². The summed E-state index contributed by atoms with van der Waals surface area (Å²) in [6.07, 6.45) is 0. The zero-order valence-electron chi connectivity index (χ0n) is 22.2. The molecule has 0 unspecified atom stereocenters. The van der Waals surface area contributed by atoms with E-state index in [0.29, 0.717) is 23.0 Å². The second-order valence-electron chi connectivity index (χ2n) is 9.63. The first-order valence-corrected chi connectivity index (χ1v) is 13.1. The third kappa shape index (κ3) is 4.85. The van der Waals surface area contributed by atoms with Gasteiger partial charge < -0.3 is 23.8 Å². The van der Waals surface area contributed by atoms with Crippen LogP contribution in [0, 0.1) is 0 Å². The number of para-hydroxylation sites is 1. The summed E-state index contributed by atoms with van der Waals surface area (Å²) in [5.74, 6) is -0.821. The Morgan fingerprint density at radius 2 is 0.767 bits per heavy atom. The highest BCUT2D eigenvalue weighted by molar-refractivity contribution is 6.15. The normalized spacial score (nSPS) is 13.2. The molecule has 2 aliphatic heterocycles. The van der Waals surface area contributed by atoms with Crippen LogP contribution in [0.5, 0.6) is 23.0 Å². The van der Waals surface area contributed by atoms with Crippen LogP contribution in [-0.4, -0.2) is 23.9 Å². The van der Waals surface area contributed by atoms with E-state index in [0.717, 1.165) is 17.1 Å². The first-order chi connectivity index (χ1) is 20.9. The van der Waals surface area contributed by atoms with Gasteiger partial charge in [-0.2, -0.15) is 0 Å². The maximum Gasteiger partial charge on any atom is 0.347 e. The molecule has 43 heavy (non-hydrogen) atoms. The fourth-order valence-electron chi connectivity index (χ4n) is 4.88. The van der Waals surface area contributed by atoms with Crippen LogP contribution in [0.3, 0.4) is 0 Å². The third-order valence-electron chi connectivity index (χ3n) is 6.91. The molecule has 2 aliphatic rings. The fraction of sp³-hybridized carbons (Fsp3) is 0. The summed E-state index contributed by atoms with van der Waals surface area (Å²) < 4.78 is 21.2. The standard InChI is InChI=1S/C34H19NO8/c36-31-27-16-14-25(18-29(27)33(38)42-31)40-23-10-6-21(7-11-23)35(20-4-2-1-3-5-20)22-8-12-24(13-9-22)41-26-15-17-28-30(19-26)34(39)43-32(28)37/h1-19H. The lowest BCUT2D eigenvalue weighted by atomic mass is 10.1. The molecule has 0 aromatic heterocycles. The van der Waals surface area contributed by atoms with Gasteiger partial charge in [-0.1, -0.05) is 18.2 Å². The lowest BCUT2D eigenvalue weighted by molar-refractivity contribution is 0.0425. The van der Waals surface area contributed by atoms with Crippen LogP contribution in [-0.2, 0) is 9.47 Å². The smallest absolute Gasteiger partial charge is 0.347 e. The van der Waals surface area contributed by atoms with Crippen LogP contribution >= 0.6 is 0 Å². The molecule has 0 atom stereocenters. The average molecular weight is 570 g/mol. The molecule has 0 saturated heterocycles. The molecule has 5 aromatic rings. The van der Waals surface area contributed by atoms with Crippen LogP contribution in [0.1, 0.15) is 41.4 Å². The maximum atomic E-state index is 11.9. The quantitative estimate of drug-likeness (QED) is 0.147. The van der Waals surface area contributed by atoms with Crippen molar-refractivity contribution < 1.29 is 38.1 Å². The molecule has 0 saturated carbocycles. The largest absolute Gasteiger partial charge is 0.457 e. The van der Waals surface area contributed by atoms with E-state index in [1.807, 2.05) is 78.9 Å². The Bertz CT molecular complexity index is 1810. The lowest BCUT2D eigenvalue weighted by Gasteiger charge is -2.25. The highest BCUT2D eigenvalue weighted by Crippen LogP contribution is 2.37. The first-order valence-electron chi connectivity index (χ1n) is 13.1. The number of cyclic esters (lactones) is 4. The number of anilines is 3. The average Bonchev–Trinajstić information content (AvgIpc) is 3.47. The summed E-state index contributed by atoms with van der Waals surface area (Å²) in [5, 5.41) is 0. The van der Waals surface area contributed by atoms with Crippen molar-refractivity contribution in [3.63, 3.8) is 0 Å². The number of hydrogen-bond acceptors (Lipinski definition) is 9. The van der Waals surface area contributed by atoms with Crippen LogP contribution in [0.25, 0.3) is 0 Å². The molecule has 5 aromatic carbocycles.